The maximum absolute atomic E-state index is 10.3. The summed E-state index contributed by atoms with van der Waals surface area (Å²) in [6.45, 7) is 8.37. The molecule has 0 amide bonds. The lowest BCUT2D eigenvalue weighted by Crippen LogP contribution is -2.49. The van der Waals surface area contributed by atoms with Crippen LogP contribution in [0.4, 0.5) is 0 Å². The quantitative estimate of drug-likeness (QED) is 0.324. The van der Waals surface area contributed by atoms with E-state index in [1.54, 1.807) is 6.08 Å². The SMILES string of the molecule is C#CC(O)(C=CC=CCCCC)[Si](C)(C)C. The van der Waals surface area contributed by atoms with E-state index in [-0.39, 0.29) is 0 Å². The molecule has 1 atom stereocenters. The molecule has 0 aliphatic carbocycles. The maximum atomic E-state index is 10.3. The maximum Gasteiger partial charge on any atom is 0.129 e. The average molecular weight is 236 g/mol. The fourth-order valence-electron chi connectivity index (χ4n) is 1.21. The summed E-state index contributed by atoms with van der Waals surface area (Å²) in [6, 6.07) is 0. The zero-order valence-electron chi connectivity index (χ0n) is 11.0. The third-order valence-corrected chi connectivity index (χ3v) is 5.27. The van der Waals surface area contributed by atoms with E-state index in [4.69, 9.17) is 6.42 Å². The van der Waals surface area contributed by atoms with Crippen LogP contribution < -0.4 is 0 Å². The van der Waals surface area contributed by atoms with Crippen LogP contribution in [0.15, 0.2) is 24.3 Å². The molecular formula is C14H24OSi. The largest absolute Gasteiger partial charge is 0.377 e. The fourth-order valence-corrected chi connectivity index (χ4v) is 2.24. The lowest BCUT2D eigenvalue weighted by Gasteiger charge is -2.31. The Labute approximate surface area is 101 Å². The van der Waals surface area contributed by atoms with Gasteiger partial charge in [0.05, 0.1) is 0 Å². The Kier molecular flexibility index (Phi) is 6.40. The summed E-state index contributed by atoms with van der Waals surface area (Å²) in [5, 5.41) is 9.22. The first kappa shape index (κ1) is 15.2. The van der Waals surface area contributed by atoms with Gasteiger partial charge in [-0.1, -0.05) is 63.6 Å². The van der Waals surface area contributed by atoms with Crippen molar-refractivity contribution >= 4 is 8.07 Å². The van der Waals surface area contributed by atoms with Gasteiger partial charge in [0.25, 0.3) is 0 Å². The van der Waals surface area contributed by atoms with Gasteiger partial charge in [-0.15, -0.1) is 6.42 Å². The van der Waals surface area contributed by atoms with Crippen molar-refractivity contribution in [2.24, 2.45) is 0 Å². The number of hydrogen-bond donors (Lipinski definition) is 1. The summed E-state index contributed by atoms with van der Waals surface area (Å²) < 4.78 is 0. The van der Waals surface area contributed by atoms with Crippen molar-refractivity contribution in [2.75, 3.05) is 0 Å². The van der Waals surface area contributed by atoms with Gasteiger partial charge in [-0.3, -0.25) is 0 Å². The molecule has 0 aromatic rings. The molecule has 16 heavy (non-hydrogen) atoms. The summed E-state index contributed by atoms with van der Waals surface area (Å²) in [4.78, 5) is 0. The first-order chi connectivity index (χ1) is 7.37. The van der Waals surface area contributed by atoms with Crippen molar-refractivity contribution in [2.45, 2.75) is 51.1 Å². The van der Waals surface area contributed by atoms with Gasteiger partial charge in [-0.05, 0) is 12.5 Å². The lowest BCUT2D eigenvalue weighted by molar-refractivity contribution is 0.226. The fraction of sp³-hybridized carbons (Fsp3) is 0.571. The summed E-state index contributed by atoms with van der Waals surface area (Å²) in [5.74, 6) is 2.52. The van der Waals surface area contributed by atoms with Crippen LogP contribution in [0.5, 0.6) is 0 Å². The van der Waals surface area contributed by atoms with E-state index in [1.165, 1.54) is 12.8 Å². The second-order valence-electron chi connectivity index (χ2n) is 5.09. The van der Waals surface area contributed by atoms with Crippen molar-refractivity contribution in [3.05, 3.63) is 24.3 Å². The standard InChI is InChI=1S/C14H24OSi/c1-6-8-9-10-11-12-13-14(15,7-2)16(3,4)5/h2,10-13,15H,6,8-9H2,1,3-5H3. The van der Waals surface area contributed by atoms with Gasteiger partial charge >= 0.3 is 0 Å². The van der Waals surface area contributed by atoms with E-state index in [2.05, 4.69) is 38.6 Å². The molecule has 1 unspecified atom stereocenters. The number of aliphatic hydroxyl groups is 1. The molecule has 0 aromatic carbocycles. The Balaban J connectivity index is 4.40. The van der Waals surface area contributed by atoms with Crippen LogP contribution >= 0.6 is 0 Å². The molecular weight excluding hydrogens is 212 g/mol. The second kappa shape index (κ2) is 6.73. The molecule has 2 heteroatoms. The van der Waals surface area contributed by atoms with Crippen LogP contribution in [0.2, 0.25) is 19.6 Å². The van der Waals surface area contributed by atoms with Crippen LogP contribution in [0.3, 0.4) is 0 Å². The van der Waals surface area contributed by atoms with Gasteiger partial charge in [0.1, 0.15) is 13.3 Å². The van der Waals surface area contributed by atoms with Gasteiger partial charge < -0.3 is 5.11 Å². The number of hydrogen-bond acceptors (Lipinski definition) is 1. The molecule has 0 bridgehead atoms. The highest BCUT2D eigenvalue weighted by molar-refractivity contribution is 6.80. The smallest absolute Gasteiger partial charge is 0.129 e. The zero-order valence-corrected chi connectivity index (χ0v) is 12.0. The van der Waals surface area contributed by atoms with Crippen molar-refractivity contribution in [3.8, 4) is 12.3 Å². The van der Waals surface area contributed by atoms with Crippen LogP contribution in [-0.4, -0.2) is 18.4 Å². The van der Waals surface area contributed by atoms with Gasteiger partial charge in [-0.2, -0.15) is 0 Å². The molecule has 0 fully saturated rings. The highest BCUT2D eigenvalue weighted by atomic mass is 28.3. The van der Waals surface area contributed by atoms with E-state index in [0.29, 0.717) is 0 Å². The molecule has 0 aliphatic rings. The number of terminal acetylenes is 1. The molecule has 90 valence electrons. The Morgan fingerprint density at radius 3 is 2.38 bits per heavy atom. The van der Waals surface area contributed by atoms with Gasteiger partial charge in [-0.25, -0.2) is 0 Å². The molecule has 0 heterocycles. The Bertz CT molecular complexity index is 291. The van der Waals surface area contributed by atoms with Crippen molar-refractivity contribution in [1.82, 2.24) is 0 Å². The highest BCUT2D eigenvalue weighted by Gasteiger charge is 2.37. The minimum atomic E-state index is -1.79. The Morgan fingerprint density at radius 1 is 1.31 bits per heavy atom. The van der Waals surface area contributed by atoms with Gasteiger partial charge in [0, 0.05) is 0 Å². The predicted octanol–water partition coefficient (Wildman–Crippen LogP) is 3.53. The molecule has 0 spiro atoms. The van der Waals surface area contributed by atoms with Crippen molar-refractivity contribution in [3.63, 3.8) is 0 Å². The van der Waals surface area contributed by atoms with Crippen molar-refractivity contribution < 1.29 is 5.11 Å². The summed E-state index contributed by atoms with van der Waals surface area (Å²) in [6.07, 6.45) is 16.6. The molecule has 0 radical (unpaired) electrons. The third-order valence-electron chi connectivity index (χ3n) is 2.67. The summed E-state index contributed by atoms with van der Waals surface area (Å²) in [5.41, 5.74) is 0. The van der Waals surface area contributed by atoms with Gasteiger partial charge in [0.2, 0.25) is 0 Å². The van der Waals surface area contributed by atoms with Gasteiger partial charge in [0.15, 0.2) is 0 Å². The van der Waals surface area contributed by atoms with E-state index < -0.39 is 13.3 Å². The molecule has 0 saturated carbocycles. The molecule has 0 saturated heterocycles. The Morgan fingerprint density at radius 2 is 1.94 bits per heavy atom. The molecule has 1 nitrogen and oxygen atoms in total. The number of allylic oxidation sites excluding steroid dienone is 3. The van der Waals surface area contributed by atoms with E-state index in [0.717, 1.165) is 6.42 Å². The zero-order chi connectivity index (χ0) is 12.7. The van der Waals surface area contributed by atoms with Crippen molar-refractivity contribution in [1.29, 1.82) is 0 Å². The third kappa shape index (κ3) is 4.83. The number of rotatable bonds is 6. The molecule has 0 aliphatic heterocycles. The van der Waals surface area contributed by atoms with E-state index in [1.807, 2.05) is 12.2 Å². The second-order valence-corrected chi connectivity index (χ2v) is 10.4. The molecule has 1 N–H and O–H groups in total. The lowest BCUT2D eigenvalue weighted by atomic mass is 10.2. The average Bonchev–Trinajstić information content (AvgIpc) is 2.21. The predicted molar refractivity (Wildman–Crippen MR) is 74.9 cm³/mol. The minimum absolute atomic E-state index is 1.04. The first-order valence-corrected chi connectivity index (χ1v) is 9.42. The normalized spacial score (nSPS) is 16.5. The summed E-state index contributed by atoms with van der Waals surface area (Å²) in [7, 11) is -1.79. The Hall–Kier alpha value is -0.783. The number of unbranched alkanes of at least 4 members (excludes halogenated alkanes) is 2. The topological polar surface area (TPSA) is 20.2 Å². The van der Waals surface area contributed by atoms with Crippen LogP contribution in [0.25, 0.3) is 0 Å². The van der Waals surface area contributed by atoms with Crippen LogP contribution in [0.1, 0.15) is 26.2 Å². The minimum Gasteiger partial charge on any atom is -0.377 e. The highest BCUT2D eigenvalue weighted by Crippen LogP contribution is 2.21. The van der Waals surface area contributed by atoms with E-state index >= 15 is 0 Å². The summed E-state index contributed by atoms with van der Waals surface area (Å²) >= 11 is 0. The molecule has 0 aromatic heterocycles. The van der Waals surface area contributed by atoms with Crippen LogP contribution in [-0.2, 0) is 0 Å². The van der Waals surface area contributed by atoms with Crippen LogP contribution in [0, 0.1) is 12.3 Å². The molecule has 0 rings (SSSR count). The first-order valence-electron chi connectivity index (χ1n) is 5.92. The monoisotopic (exact) mass is 236 g/mol. The van der Waals surface area contributed by atoms with E-state index in [9.17, 15) is 5.11 Å².